The van der Waals surface area contributed by atoms with Crippen molar-refractivity contribution in [2.45, 2.75) is 58.1 Å². The normalized spacial score (nSPS) is 16.5. The molecule has 2 atom stereocenters. The van der Waals surface area contributed by atoms with E-state index in [2.05, 4.69) is 5.32 Å². The summed E-state index contributed by atoms with van der Waals surface area (Å²) in [7, 11) is 1.56. The number of hydrogen-bond acceptors (Lipinski definition) is 7. The molecule has 0 radical (unpaired) electrons. The number of nitrogens with zero attached hydrogens (tertiary/aromatic N) is 1. The van der Waals surface area contributed by atoms with Gasteiger partial charge in [-0.3, -0.25) is 9.59 Å². The second kappa shape index (κ2) is 12.2. The van der Waals surface area contributed by atoms with E-state index in [9.17, 15) is 24.3 Å². The Morgan fingerprint density at radius 3 is 2.47 bits per heavy atom. The number of methoxy groups -OCH3 is 1. The molecule has 188 valence electrons. The Kier molecular flexibility index (Phi) is 9.70. The fourth-order valence-electron chi connectivity index (χ4n) is 4.09. The Morgan fingerprint density at radius 2 is 1.88 bits per heavy atom. The number of hydrogen-bond donors (Lipinski definition) is 2. The summed E-state index contributed by atoms with van der Waals surface area (Å²) in [5, 5.41) is 11.9. The van der Waals surface area contributed by atoms with E-state index in [4.69, 9.17) is 14.2 Å². The van der Waals surface area contributed by atoms with Crippen molar-refractivity contribution in [3.05, 3.63) is 29.8 Å². The van der Waals surface area contributed by atoms with Gasteiger partial charge in [-0.1, -0.05) is 12.1 Å². The number of carbonyl (C=O) groups is 4. The number of likely N-dealkylation sites (tertiary alicyclic amines) is 1. The number of alkyl carbamates (subject to hydrolysis) is 1. The molecule has 0 aromatic heterocycles. The molecule has 0 aliphatic carbocycles. The van der Waals surface area contributed by atoms with Crippen LogP contribution in [-0.4, -0.2) is 72.4 Å². The number of aliphatic carboxylic acids is 1. The average Bonchev–Trinajstić information content (AvgIpc) is 3.27. The smallest absolute Gasteiger partial charge is 0.408 e. The van der Waals surface area contributed by atoms with Gasteiger partial charge in [0.1, 0.15) is 23.9 Å². The molecule has 2 amide bonds. The lowest BCUT2D eigenvalue weighted by molar-refractivity contribution is -0.150. The number of rotatable bonds is 11. The van der Waals surface area contributed by atoms with Crippen molar-refractivity contribution in [3.8, 4) is 5.75 Å². The van der Waals surface area contributed by atoms with Crippen LogP contribution in [0.1, 0.15) is 45.6 Å². The lowest BCUT2D eigenvalue weighted by atomic mass is 9.87. The van der Waals surface area contributed by atoms with Crippen molar-refractivity contribution in [1.82, 2.24) is 10.2 Å². The quantitative estimate of drug-likeness (QED) is 0.464. The molecule has 1 aliphatic rings. The van der Waals surface area contributed by atoms with Crippen molar-refractivity contribution >= 4 is 23.9 Å². The highest BCUT2D eigenvalue weighted by Gasteiger charge is 2.39. The second-order valence-corrected chi connectivity index (χ2v) is 8.79. The molecule has 2 rings (SSSR count). The molecule has 2 N–H and O–H groups in total. The average molecular weight is 479 g/mol. The predicted octanol–water partition coefficient (Wildman–Crippen LogP) is 2.39. The van der Waals surface area contributed by atoms with Crippen molar-refractivity contribution in [1.29, 1.82) is 0 Å². The number of amides is 2. The maximum Gasteiger partial charge on any atom is 0.408 e. The van der Waals surface area contributed by atoms with Gasteiger partial charge in [0, 0.05) is 12.5 Å². The molecule has 10 nitrogen and oxygen atoms in total. The van der Waals surface area contributed by atoms with Gasteiger partial charge < -0.3 is 29.5 Å². The lowest BCUT2D eigenvalue weighted by Gasteiger charge is -2.32. The Labute approximate surface area is 199 Å². The number of benzene rings is 1. The van der Waals surface area contributed by atoms with Crippen LogP contribution in [0, 0.1) is 5.92 Å². The third-order valence-electron chi connectivity index (χ3n) is 5.60. The molecule has 34 heavy (non-hydrogen) atoms. The summed E-state index contributed by atoms with van der Waals surface area (Å²) >= 11 is 0. The van der Waals surface area contributed by atoms with E-state index in [1.807, 2.05) is 12.1 Å². The summed E-state index contributed by atoms with van der Waals surface area (Å²) < 4.78 is 15.4. The fraction of sp³-hybridized carbons (Fsp3) is 0.583. The van der Waals surface area contributed by atoms with Crippen LogP contribution < -0.4 is 10.1 Å². The maximum atomic E-state index is 13.5. The first-order chi connectivity index (χ1) is 16.1. The van der Waals surface area contributed by atoms with Gasteiger partial charge in [0.2, 0.25) is 5.91 Å². The van der Waals surface area contributed by atoms with E-state index in [1.54, 1.807) is 40.0 Å². The third kappa shape index (κ3) is 7.93. The minimum Gasteiger partial charge on any atom is -0.497 e. The van der Waals surface area contributed by atoms with Gasteiger partial charge >= 0.3 is 18.0 Å². The maximum absolute atomic E-state index is 13.5. The zero-order chi connectivity index (χ0) is 25.3. The largest absolute Gasteiger partial charge is 0.497 e. The highest BCUT2D eigenvalue weighted by Crippen LogP contribution is 2.29. The molecule has 1 aromatic carbocycles. The molecule has 2 unspecified atom stereocenters. The molecule has 0 bridgehead atoms. The minimum absolute atomic E-state index is 0.160. The standard InChI is InChI=1S/C24H34N2O8/c1-5-33-20(27)15-25-23(31)34-24(2,3)14-17(13-16-8-10-18(32-4)11-9-16)21(28)26-12-6-7-19(26)22(29)30/h8-11,17,19H,5-7,12-15H2,1-4H3,(H,25,31)(H,29,30). The number of ether oxygens (including phenoxy) is 3. The van der Waals surface area contributed by atoms with Gasteiger partial charge in [0.05, 0.1) is 13.7 Å². The van der Waals surface area contributed by atoms with Gasteiger partial charge in [-0.25, -0.2) is 9.59 Å². The van der Waals surface area contributed by atoms with Gasteiger partial charge in [0.25, 0.3) is 0 Å². The summed E-state index contributed by atoms with van der Waals surface area (Å²) in [6.07, 6.45) is 0.718. The Hall–Kier alpha value is -3.30. The molecular formula is C24H34N2O8. The van der Waals surface area contributed by atoms with Crippen LogP contribution in [0.4, 0.5) is 4.79 Å². The summed E-state index contributed by atoms with van der Waals surface area (Å²) in [6.45, 7) is 5.24. The number of carboxylic acids is 1. The zero-order valence-electron chi connectivity index (χ0n) is 20.2. The van der Waals surface area contributed by atoms with Gasteiger partial charge in [-0.2, -0.15) is 0 Å². The number of carbonyl (C=O) groups excluding carboxylic acids is 3. The Morgan fingerprint density at radius 1 is 1.21 bits per heavy atom. The molecule has 0 spiro atoms. The number of carboxylic acid groups (broad SMARTS) is 1. The first-order valence-corrected chi connectivity index (χ1v) is 11.3. The van der Waals surface area contributed by atoms with E-state index < -0.39 is 35.6 Å². The van der Waals surface area contributed by atoms with Crippen molar-refractivity contribution in [3.63, 3.8) is 0 Å². The van der Waals surface area contributed by atoms with Crippen LogP contribution in [0.15, 0.2) is 24.3 Å². The van der Waals surface area contributed by atoms with Crippen molar-refractivity contribution < 1.29 is 38.5 Å². The third-order valence-corrected chi connectivity index (χ3v) is 5.60. The first-order valence-electron chi connectivity index (χ1n) is 11.3. The summed E-state index contributed by atoms with van der Waals surface area (Å²) in [5.41, 5.74) is -0.197. The molecular weight excluding hydrogens is 444 g/mol. The van der Waals surface area contributed by atoms with Crippen LogP contribution in [0.3, 0.4) is 0 Å². The molecule has 1 fully saturated rings. The van der Waals surface area contributed by atoms with Crippen LogP contribution in [-0.2, 0) is 30.3 Å². The Bertz CT molecular complexity index is 868. The van der Waals surface area contributed by atoms with Crippen molar-refractivity contribution in [2.75, 3.05) is 26.8 Å². The summed E-state index contributed by atoms with van der Waals surface area (Å²) in [5.74, 6) is -1.84. The van der Waals surface area contributed by atoms with Crippen LogP contribution in [0.5, 0.6) is 5.75 Å². The molecule has 1 saturated heterocycles. The summed E-state index contributed by atoms with van der Waals surface area (Å²) in [6, 6.07) is 6.41. The van der Waals surface area contributed by atoms with Gasteiger partial charge in [-0.05, 0) is 64.2 Å². The number of nitrogens with one attached hydrogen (secondary N) is 1. The SMILES string of the molecule is CCOC(=O)CNC(=O)OC(C)(C)CC(Cc1ccc(OC)cc1)C(=O)N1CCCC1C(=O)O. The zero-order valence-corrected chi connectivity index (χ0v) is 20.2. The highest BCUT2D eigenvalue weighted by atomic mass is 16.6. The van der Waals surface area contributed by atoms with E-state index in [0.717, 1.165) is 5.56 Å². The topological polar surface area (TPSA) is 131 Å². The molecule has 0 saturated carbocycles. The molecule has 10 heteroatoms. The predicted molar refractivity (Wildman–Crippen MR) is 122 cm³/mol. The molecule has 1 heterocycles. The first kappa shape index (κ1) is 26.9. The van der Waals surface area contributed by atoms with Crippen LogP contribution >= 0.6 is 0 Å². The fourth-order valence-corrected chi connectivity index (χ4v) is 4.09. The van der Waals surface area contributed by atoms with Gasteiger partial charge in [0.15, 0.2) is 0 Å². The van der Waals surface area contributed by atoms with E-state index >= 15 is 0 Å². The highest BCUT2D eigenvalue weighted by molar-refractivity contribution is 5.86. The van der Waals surface area contributed by atoms with Crippen LogP contribution in [0.2, 0.25) is 0 Å². The number of esters is 1. The van der Waals surface area contributed by atoms with E-state index in [1.165, 1.54) is 4.90 Å². The molecule has 1 aromatic rings. The monoisotopic (exact) mass is 478 g/mol. The van der Waals surface area contributed by atoms with Gasteiger partial charge in [-0.15, -0.1) is 0 Å². The minimum atomic E-state index is -1.07. The van der Waals surface area contributed by atoms with E-state index in [-0.39, 0.29) is 25.5 Å². The van der Waals surface area contributed by atoms with Crippen molar-refractivity contribution in [2.24, 2.45) is 5.92 Å². The van der Waals surface area contributed by atoms with Crippen LogP contribution in [0.25, 0.3) is 0 Å². The van der Waals surface area contributed by atoms with E-state index in [0.29, 0.717) is 31.6 Å². The molecule has 1 aliphatic heterocycles. The Balaban J connectivity index is 2.15. The second-order valence-electron chi connectivity index (χ2n) is 8.79. The summed E-state index contributed by atoms with van der Waals surface area (Å²) in [4.78, 5) is 50.2. The lowest BCUT2D eigenvalue weighted by Crippen LogP contribution is -2.46.